The molecule has 0 radical (unpaired) electrons. The van der Waals surface area contributed by atoms with Crippen LogP contribution in [-0.2, 0) is 14.4 Å². The Hall–Kier alpha value is -2.75. The third-order valence-corrected chi connectivity index (χ3v) is 4.24. The molecule has 1 aromatic rings. The highest BCUT2D eigenvalue weighted by molar-refractivity contribution is 8.14. The van der Waals surface area contributed by atoms with Crippen LogP contribution in [0, 0.1) is 0 Å². The van der Waals surface area contributed by atoms with E-state index in [2.05, 4.69) is 10.6 Å². The summed E-state index contributed by atoms with van der Waals surface area (Å²) in [5, 5.41) is 4.44. The van der Waals surface area contributed by atoms with Gasteiger partial charge in [0.15, 0.2) is 0 Å². The molecule has 10 heteroatoms. The van der Waals surface area contributed by atoms with Crippen LogP contribution >= 0.6 is 11.8 Å². The average molecular weight is 381 g/mol. The van der Waals surface area contributed by atoms with Gasteiger partial charge in [0, 0.05) is 13.1 Å². The Balaban J connectivity index is 1.60. The summed E-state index contributed by atoms with van der Waals surface area (Å²) in [5.41, 5.74) is 0. The number of nitrogens with zero attached hydrogens (tertiary/aromatic N) is 1. The van der Waals surface area contributed by atoms with Gasteiger partial charge in [0.25, 0.3) is 5.24 Å². The van der Waals surface area contributed by atoms with E-state index < -0.39 is 11.8 Å². The van der Waals surface area contributed by atoms with Gasteiger partial charge in [0.1, 0.15) is 18.1 Å². The SMILES string of the molecule is COc1ccc(OCCNC(=O)C(=O)NCCN2C(=O)CSC2=O)cc1. The minimum Gasteiger partial charge on any atom is -0.497 e. The highest BCUT2D eigenvalue weighted by Gasteiger charge is 2.29. The van der Waals surface area contributed by atoms with Crippen LogP contribution in [0.15, 0.2) is 24.3 Å². The first kappa shape index (κ1) is 19.6. The molecular weight excluding hydrogens is 362 g/mol. The van der Waals surface area contributed by atoms with E-state index in [9.17, 15) is 19.2 Å². The lowest BCUT2D eigenvalue weighted by atomic mass is 10.3. The first-order chi connectivity index (χ1) is 12.5. The van der Waals surface area contributed by atoms with Crippen molar-refractivity contribution >= 4 is 34.7 Å². The maximum Gasteiger partial charge on any atom is 0.309 e. The number of thioether (sulfide) groups is 1. The fraction of sp³-hybridized carbons (Fsp3) is 0.375. The molecule has 2 rings (SSSR count). The van der Waals surface area contributed by atoms with E-state index in [0.717, 1.165) is 16.7 Å². The van der Waals surface area contributed by atoms with Crippen LogP contribution in [0.3, 0.4) is 0 Å². The van der Waals surface area contributed by atoms with E-state index in [1.807, 2.05) is 0 Å². The quantitative estimate of drug-likeness (QED) is 0.481. The fourth-order valence-corrected chi connectivity index (χ4v) is 2.80. The second-order valence-corrected chi connectivity index (χ2v) is 6.06. The van der Waals surface area contributed by atoms with Gasteiger partial charge in [-0.25, -0.2) is 0 Å². The van der Waals surface area contributed by atoms with Crippen molar-refractivity contribution in [1.82, 2.24) is 15.5 Å². The number of hydrogen-bond acceptors (Lipinski definition) is 7. The van der Waals surface area contributed by atoms with Gasteiger partial charge in [-0.05, 0) is 24.3 Å². The zero-order valence-corrected chi connectivity index (χ0v) is 15.0. The number of carbonyl (C=O) groups excluding carboxylic acids is 4. The van der Waals surface area contributed by atoms with E-state index in [4.69, 9.17) is 9.47 Å². The van der Waals surface area contributed by atoms with Crippen LogP contribution in [-0.4, -0.2) is 67.0 Å². The number of carbonyl (C=O) groups is 4. The minimum atomic E-state index is -0.832. The maximum atomic E-state index is 11.6. The number of rotatable bonds is 8. The molecule has 0 aliphatic carbocycles. The number of nitrogens with one attached hydrogen (secondary N) is 2. The number of imide groups is 1. The van der Waals surface area contributed by atoms with Crippen molar-refractivity contribution in [2.75, 3.05) is 39.1 Å². The largest absolute Gasteiger partial charge is 0.497 e. The van der Waals surface area contributed by atoms with E-state index in [0.29, 0.717) is 11.5 Å². The molecule has 0 unspecified atom stereocenters. The van der Waals surface area contributed by atoms with Gasteiger partial charge in [-0.2, -0.15) is 0 Å². The summed E-state index contributed by atoms with van der Waals surface area (Å²) >= 11 is 0.917. The predicted molar refractivity (Wildman–Crippen MR) is 94.1 cm³/mol. The third-order valence-electron chi connectivity index (χ3n) is 3.38. The zero-order valence-electron chi connectivity index (χ0n) is 14.1. The molecular formula is C16H19N3O6S. The zero-order chi connectivity index (χ0) is 18.9. The van der Waals surface area contributed by atoms with Crippen LogP contribution in [0.5, 0.6) is 11.5 Å². The Morgan fingerprint density at radius 1 is 1.08 bits per heavy atom. The number of ether oxygens (including phenoxy) is 2. The van der Waals surface area contributed by atoms with Gasteiger partial charge in [-0.1, -0.05) is 11.8 Å². The normalized spacial score (nSPS) is 13.5. The molecule has 9 nitrogen and oxygen atoms in total. The van der Waals surface area contributed by atoms with Gasteiger partial charge in [-0.15, -0.1) is 0 Å². The van der Waals surface area contributed by atoms with E-state index in [-0.39, 0.29) is 43.1 Å². The predicted octanol–water partition coefficient (Wildman–Crippen LogP) is 0.00180. The maximum absolute atomic E-state index is 11.6. The lowest BCUT2D eigenvalue weighted by Crippen LogP contribution is -2.44. The number of benzene rings is 1. The lowest BCUT2D eigenvalue weighted by molar-refractivity contribution is -0.139. The first-order valence-electron chi connectivity index (χ1n) is 7.81. The number of amides is 4. The second-order valence-electron chi connectivity index (χ2n) is 5.14. The molecule has 0 bridgehead atoms. The molecule has 2 N–H and O–H groups in total. The molecule has 1 heterocycles. The Kier molecular flexibility index (Phi) is 7.27. The van der Waals surface area contributed by atoms with Crippen molar-refractivity contribution in [1.29, 1.82) is 0 Å². The summed E-state index contributed by atoms with van der Waals surface area (Å²) in [6, 6.07) is 6.95. The van der Waals surface area contributed by atoms with Crippen LogP contribution in [0.25, 0.3) is 0 Å². The molecule has 0 atom stereocenters. The summed E-state index contributed by atoms with van der Waals surface area (Å²) in [5.74, 6) is -0.505. The first-order valence-corrected chi connectivity index (χ1v) is 8.80. The standard InChI is InChI=1S/C16H19N3O6S/c1-24-11-2-4-12(5-3-11)25-9-7-18-15(22)14(21)17-6-8-19-13(20)10-26-16(19)23/h2-5H,6-10H2,1H3,(H,17,21)(H,18,22). The van der Waals surface area contributed by atoms with Crippen LogP contribution in [0.4, 0.5) is 4.79 Å². The molecule has 0 spiro atoms. The smallest absolute Gasteiger partial charge is 0.309 e. The second kappa shape index (κ2) is 9.66. The van der Waals surface area contributed by atoms with Gasteiger partial charge >= 0.3 is 11.8 Å². The molecule has 26 heavy (non-hydrogen) atoms. The fourth-order valence-electron chi connectivity index (χ4n) is 2.04. The molecule has 1 aliphatic rings. The van der Waals surface area contributed by atoms with Crippen LogP contribution in [0.2, 0.25) is 0 Å². The lowest BCUT2D eigenvalue weighted by Gasteiger charge is -2.13. The van der Waals surface area contributed by atoms with Crippen molar-refractivity contribution in [2.24, 2.45) is 0 Å². The molecule has 1 aromatic carbocycles. The Labute approximate surface area is 154 Å². The molecule has 0 aromatic heterocycles. The Bertz CT molecular complexity index is 663. The van der Waals surface area contributed by atoms with Crippen LogP contribution in [0.1, 0.15) is 0 Å². The molecule has 140 valence electrons. The summed E-state index contributed by atoms with van der Waals surface area (Å²) in [6.45, 7) is 0.411. The summed E-state index contributed by atoms with van der Waals surface area (Å²) < 4.78 is 10.5. The molecule has 0 saturated carbocycles. The van der Waals surface area contributed by atoms with Gasteiger partial charge in [0.2, 0.25) is 5.91 Å². The average Bonchev–Trinajstić information content (AvgIpc) is 2.97. The van der Waals surface area contributed by atoms with Crippen molar-refractivity contribution in [3.05, 3.63) is 24.3 Å². The monoisotopic (exact) mass is 381 g/mol. The summed E-state index contributed by atoms with van der Waals surface area (Å²) in [7, 11) is 1.57. The summed E-state index contributed by atoms with van der Waals surface area (Å²) in [4.78, 5) is 47.1. The highest BCUT2D eigenvalue weighted by atomic mass is 32.2. The number of hydrogen-bond donors (Lipinski definition) is 2. The topological polar surface area (TPSA) is 114 Å². The minimum absolute atomic E-state index is 0.0205. The van der Waals surface area contributed by atoms with E-state index in [1.165, 1.54) is 0 Å². The van der Waals surface area contributed by atoms with Crippen molar-refractivity contribution in [3.8, 4) is 11.5 Å². The Morgan fingerprint density at radius 3 is 2.27 bits per heavy atom. The molecule has 1 saturated heterocycles. The molecule has 1 aliphatic heterocycles. The van der Waals surface area contributed by atoms with Crippen LogP contribution < -0.4 is 20.1 Å². The van der Waals surface area contributed by atoms with Gasteiger partial charge < -0.3 is 20.1 Å². The van der Waals surface area contributed by atoms with E-state index >= 15 is 0 Å². The van der Waals surface area contributed by atoms with Gasteiger partial charge in [0.05, 0.1) is 19.4 Å². The molecule has 1 fully saturated rings. The van der Waals surface area contributed by atoms with Crippen molar-refractivity contribution < 1.29 is 28.7 Å². The van der Waals surface area contributed by atoms with Gasteiger partial charge in [-0.3, -0.25) is 24.1 Å². The van der Waals surface area contributed by atoms with E-state index in [1.54, 1.807) is 31.4 Å². The highest BCUT2D eigenvalue weighted by Crippen LogP contribution is 2.18. The molecule has 4 amide bonds. The van der Waals surface area contributed by atoms with Crippen molar-refractivity contribution in [3.63, 3.8) is 0 Å². The summed E-state index contributed by atoms with van der Waals surface area (Å²) in [6.07, 6.45) is 0. The third kappa shape index (κ3) is 5.66. The Morgan fingerprint density at radius 2 is 1.69 bits per heavy atom. The van der Waals surface area contributed by atoms with Crippen molar-refractivity contribution in [2.45, 2.75) is 0 Å². The number of methoxy groups -OCH3 is 1.